The van der Waals surface area contributed by atoms with Crippen molar-refractivity contribution in [1.82, 2.24) is 0 Å². The third-order valence-electron chi connectivity index (χ3n) is 3.92. The van der Waals surface area contributed by atoms with Gasteiger partial charge in [-0.3, -0.25) is 0 Å². The Morgan fingerprint density at radius 3 is 2.76 bits per heavy atom. The normalized spacial score (nSPS) is 13.9. The van der Waals surface area contributed by atoms with E-state index in [0.717, 1.165) is 25.3 Å². The van der Waals surface area contributed by atoms with Crippen molar-refractivity contribution in [2.75, 3.05) is 24.5 Å². The topological polar surface area (TPSA) is 38.5 Å². The summed E-state index contributed by atoms with van der Waals surface area (Å²) in [7, 11) is 0. The fourth-order valence-corrected chi connectivity index (χ4v) is 2.85. The number of hydrogen-bond acceptors (Lipinski definition) is 3. The first-order valence-corrected chi connectivity index (χ1v) is 7.61. The zero-order valence-corrected chi connectivity index (χ0v) is 12.3. The van der Waals surface area contributed by atoms with Gasteiger partial charge in [-0.15, -0.1) is 0 Å². The Kier molecular flexibility index (Phi) is 4.41. The zero-order chi connectivity index (χ0) is 14.5. The van der Waals surface area contributed by atoms with E-state index in [1.54, 1.807) is 0 Å². The summed E-state index contributed by atoms with van der Waals surface area (Å²) in [5.74, 6) is 0.932. The molecule has 0 aliphatic carbocycles. The molecule has 1 heterocycles. The van der Waals surface area contributed by atoms with Crippen LogP contribution in [0.3, 0.4) is 0 Å². The van der Waals surface area contributed by atoms with E-state index >= 15 is 0 Å². The van der Waals surface area contributed by atoms with Crippen LogP contribution in [0, 0.1) is 0 Å². The van der Waals surface area contributed by atoms with Gasteiger partial charge in [-0.05, 0) is 30.0 Å². The van der Waals surface area contributed by atoms with Crippen molar-refractivity contribution in [3.05, 3.63) is 59.7 Å². The molecule has 3 rings (SSSR count). The molecule has 2 aromatic rings. The van der Waals surface area contributed by atoms with E-state index in [4.69, 9.17) is 10.5 Å². The highest BCUT2D eigenvalue weighted by molar-refractivity contribution is 5.58. The predicted octanol–water partition coefficient (Wildman–Crippen LogP) is 2.98. The lowest BCUT2D eigenvalue weighted by Crippen LogP contribution is -2.33. The summed E-state index contributed by atoms with van der Waals surface area (Å²) in [5, 5.41) is 0. The van der Waals surface area contributed by atoms with Crippen molar-refractivity contribution in [3.63, 3.8) is 0 Å². The first-order chi connectivity index (χ1) is 10.4. The van der Waals surface area contributed by atoms with Crippen LogP contribution < -0.4 is 15.4 Å². The van der Waals surface area contributed by atoms with Crippen molar-refractivity contribution in [1.29, 1.82) is 0 Å². The second kappa shape index (κ2) is 6.64. The molecule has 1 aliphatic rings. The molecule has 0 radical (unpaired) electrons. The highest BCUT2D eigenvalue weighted by Crippen LogP contribution is 2.31. The standard InChI is InChI=1S/C18H22N2O/c19-10-12-20-11-4-7-16-8-9-17(13-18(16)20)21-14-15-5-2-1-3-6-15/h1-3,5-6,8-9,13H,4,7,10-12,14,19H2. The molecule has 0 fully saturated rings. The van der Waals surface area contributed by atoms with E-state index in [1.807, 2.05) is 18.2 Å². The molecule has 0 saturated heterocycles. The Hall–Kier alpha value is -2.00. The smallest absolute Gasteiger partial charge is 0.121 e. The van der Waals surface area contributed by atoms with Crippen LogP contribution in [0.2, 0.25) is 0 Å². The molecular formula is C18H22N2O. The minimum absolute atomic E-state index is 0.608. The maximum absolute atomic E-state index is 5.93. The van der Waals surface area contributed by atoms with Gasteiger partial charge in [0.1, 0.15) is 12.4 Å². The van der Waals surface area contributed by atoms with Gasteiger partial charge in [-0.1, -0.05) is 36.4 Å². The van der Waals surface area contributed by atoms with E-state index in [2.05, 4.69) is 35.2 Å². The monoisotopic (exact) mass is 282 g/mol. The van der Waals surface area contributed by atoms with E-state index in [9.17, 15) is 0 Å². The maximum Gasteiger partial charge on any atom is 0.121 e. The Labute approximate surface area is 126 Å². The molecule has 0 spiro atoms. The highest BCUT2D eigenvalue weighted by atomic mass is 16.5. The molecule has 0 unspecified atom stereocenters. The largest absolute Gasteiger partial charge is 0.489 e. The number of nitrogens with two attached hydrogens (primary N) is 1. The van der Waals surface area contributed by atoms with Gasteiger partial charge in [-0.25, -0.2) is 0 Å². The molecule has 3 nitrogen and oxygen atoms in total. The Morgan fingerprint density at radius 1 is 1.10 bits per heavy atom. The average Bonchev–Trinajstić information content (AvgIpc) is 2.54. The van der Waals surface area contributed by atoms with Crippen LogP contribution in [-0.4, -0.2) is 19.6 Å². The lowest BCUT2D eigenvalue weighted by molar-refractivity contribution is 0.306. The van der Waals surface area contributed by atoms with E-state index in [0.29, 0.717) is 13.2 Å². The predicted molar refractivity (Wildman–Crippen MR) is 86.8 cm³/mol. The lowest BCUT2D eigenvalue weighted by Gasteiger charge is -2.31. The van der Waals surface area contributed by atoms with Crippen molar-refractivity contribution in [2.45, 2.75) is 19.4 Å². The van der Waals surface area contributed by atoms with E-state index in [-0.39, 0.29) is 0 Å². The van der Waals surface area contributed by atoms with Crippen LogP contribution in [0.5, 0.6) is 5.75 Å². The van der Waals surface area contributed by atoms with Crippen LogP contribution in [-0.2, 0) is 13.0 Å². The van der Waals surface area contributed by atoms with Gasteiger partial charge in [0.25, 0.3) is 0 Å². The third-order valence-corrected chi connectivity index (χ3v) is 3.92. The number of ether oxygens (including phenoxy) is 1. The van der Waals surface area contributed by atoms with Crippen molar-refractivity contribution in [2.24, 2.45) is 5.73 Å². The quantitative estimate of drug-likeness (QED) is 0.916. The second-order valence-corrected chi connectivity index (χ2v) is 5.44. The summed E-state index contributed by atoms with van der Waals surface area (Å²) in [6, 6.07) is 16.7. The number of rotatable bonds is 5. The first kappa shape index (κ1) is 14.0. The number of fused-ring (bicyclic) bond motifs is 1. The fraction of sp³-hybridized carbons (Fsp3) is 0.333. The van der Waals surface area contributed by atoms with Gasteiger partial charge in [0, 0.05) is 31.4 Å². The molecule has 0 bridgehead atoms. The first-order valence-electron chi connectivity index (χ1n) is 7.61. The number of aryl methyl sites for hydroxylation is 1. The molecule has 0 saturated carbocycles. The van der Waals surface area contributed by atoms with Crippen LogP contribution in [0.4, 0.5) is 5.69 Å². The third kappa shape index (κ3) is 3.37. The number of nitrogens with zero attached hydrogens (tertiary/aromatic N) is 1. The molecule has 2 N–H and O–H groups in total. The van der Waals surface area contributed by atoms with Crippen molar-refractivity contribution in [3.8, 4) is 5.75 Å². The van der Waals surface area contributed by atoms with Gasteiger partial charge in [0.2, 0.25) is 0 Å². The zero-order valence-electron chi connectivity index (χ0n) is 12.3. The van der Waals surface area contributed by atoms with Gasteiger partial charge in [0.05, 0.1) is 0 Å². The number of anilines is 1. The number of hydrogen-bond donors (Lipinski definition) is 1. The molecule has 2 aromatic carbocycles. The van der Waals surface area contributed by atoms with Gasteiger partial charge in [0.15, 0.2) is 0 Å². The number of benzene rings is 2. The van der Waals surface area contributed by atoms with E-state index < -0.39 is 0 Å². The molecule has 3 heteroatoms. The summed E-state index contributed by atoms with van der Waals surface area (Å²) in [6.07, 6.45) is 2.35. The fourth-order valence-electron chi connectivity index (χ4n) is 2.85. The Morgan fingerprint density at radius 2 is 1.95 bits per heavy atom. The summed E-state index contributed by atoms with van der Waals surface area (Å²) < 4.78 is 5.93. The molecular weight excluding hydrogens is 260 g/mol. The van der Waals surface area contributed by atoms with Crippen LogP contribution in [0.15, 0.2) is 48.5 Å². The Balaban J connectivity index is 1.73. The van der Waals surface area contributed by atoms with Gasteiger partial charge >= 0.3 is 0 Å². The van der Waals surface area contributed by atoms with Crippen molar-refractivity contribution < 1.29 is 4.74 Å². The Bertz CT molecular complexity index is 583. The summed E-state index contributed by atoms with van der Waals surface area (Å²) in [5.41, 5.74) is 9.60. The lowest BCUT2D eigenvalue weighted by atomic mass is 10.0. The SMILES string of the molecule is NCCN1CCCc2ccc(OCc3ccccc3)cc21. The van der Waals surface area contributed by atoms with Gasteiger partial charge < -0.3 is 15.4 Å². The minimum Gasteiger partial charge on any atom is -0.489 e. The summed E-state index contributed by atoms with van der Waals surface area (Å²) in [6.45, 7) is 3.30. The molecule has 0 aromatic heterocycles. The second-order valence-electron chi connectivity index (χ2n) is 5.44. The highest BCUT2D eigenvalue weighted by Gasteiger charge is 2.16. The summed E-state index contributed by atoms with van der Waals surface area (Å²) >= 11 is 0. The summed E-state index contributed by atoms with van der Waals surface area (Å²) in [4.78, 5) is 2.37. The van der Waals surface area contributed by atoms with Gasteiger partial charge in [-0.2, -0.15) is 0 Å². The van der Waals surface area contributed by atoms with Crippen LogP contribution in [0.25, 0.3) is 0 Å². The van der Waals surface area contributed by atoms with Crippen LogP contribution in [0.1, 0.15) is 17.5 Å². The average molecular weight is 282 g/mol. The van der Waals surface area contributed by atoms with Crippen LogP contribution >= 0.6 is 0 Å². The molecule has 0 atom stereocenters. The molecule has 21 heavy (non-hydrogen) atoms. The minimum atomic E-state index is 0.608. The maximum atomic E-state index is 5.93. The molecule has 0 amide bonds. The molecule has 1 aliphatic heterocycles. The van der Waals surface area contributed by atoms with E-state index in [1.165, 1.54) is 23.2 Å². The van der Waals surface area contributed by atoms with Crippen molar-refractivity contribution >= 4 is 5.69 Å². The molecule has 110 valence electrons.